The molecule has 192 valence electrons. The van der Waals surface area contributed by atoms with Crippen molar-refractivity contribution in [3.8, 4) is 0 Å². The molecule has 2 aromatic heterocycles. The second-order valence-corrected chi connectivity index (χ2v) is 11.2. The van der Waals surface area contributed by atoms with Gasteiger partial charge in [0.25, 0.3) is 0 Å². The molecule has 1 amide bonds. The molecule has 7 rings (SSSR count). The lowest BCUT2D eigenvalue weighted by atomic mass is 9.57. The lowest BCUT2D eigenvalue weighted by molar-refractivity contribution is -0.164. The van der Waals surface area contributed by atoms with E-state index in [0.29, 0.717) is 37.1 Å². The van der Waals surface area contributed by atoms with E-state index in [4.69, 9.17) is 17.3 Å². The van der Waals surface area contributed by atoms with Crippen LogP contribution in [0, 0.1) is 5.41 Å². The molecule has 8 nitrogen and oxygen atoms in total. The number of hydrogen-bond donors (Lipinski definition) is 1. The van der Waals surface area contributed by atoms with Gasteiger partial charge in [-0.15, -0.1) is 0 Å². The molecule has 0 spiro atoms. The number of benzene rings is 1. The van der Waals surface area contributed by atoms with Crippen LogP contribution in [0.5, 0.6) is 0 Å². The van der Waals surface area contributed by atoms with Crippen molar-refractivity contribution < 1.29 is 4.79 Å². The number of aromatic nitrogens is 3. The zero-order valence-electron chi connectivity index (χ0n) is 21.2. The highest BCUT2D eigenvalue weighted by atomic mass is 35.5. The first-order valence-electron chi connectivity index (χ1n) is 13.4. The van der Waals surface area contributed by atoms with Gasteiger partial charge in [-0.2, -0.15) is 4.98 Å². The minimum atomic E-state index is -0.674. The molecule has 0 unspecified atom stereocenters. The molecule has 0 aliphatic carbocycles. The van der Waals surface area contributed by atoms with Crippen molar-refractivity contribution >= 4 is 46.4 Å². The second kappa shape index (κ2) is 8.20. The van der Waals surface area contributed by atoms with Gasteiger partial charge in [0.2, 0.25) is 11.9 Å². The molecule has 1 aromatic carbocycles. The van der Waals surface area contributed by atoms with Gasteiger partial charge in [0.15, 0.2) is 5.54 Å². The molecule has 2 fully saturated rings. The smallest absolute Gasteiger partial charge is 0.250 e. The average molecular weight is 518 g/mol. The number of nitrogens with zero attached hydrogens (tertiary/aromatic N) is 6. The maximum Gasteiger partial charge on any atom is 0.250 e. The largest absolute Gasteiger partial charge is 0.368 e. The summed E-state index contributed by atoms with van der Waals surface area (Å²) in [4.78, 5) is 30.1. The highest BCUT2D eigenvalue weighted by Crippen LogP contribution is 2.60. The third kappa shape index (κ3) is 3.03. The summed E-state index contributed by atoms with van der Waals surface area (Å²) in [5.41, 5.74) is 8.73. The lowest BCUT2D eigenvalue weighted by Crippen LogP contribution is -2.71. The fourth-order valence-electron chi connectivity index (χ4n) is 7.67. The monoisotopic (exact) mass is 517 g/mol. The first-order valence-corrected chi connectivity index (χ1v) is 13.8. The first kappa shape index (κ1) is 23.0. The van der Waals surface area contributed by atoms with Crippen LogP contribution in [0.15, 0.2) is 36.4 Å². The van der Waals surface area contributed by atoms with Crippen LogP contribution >= 0.6 is 11.6 Å². The minimum absolute atomic E-state index is 0.168. The summed E-state index contributed by atoms with van der Waals surface area (Å²) >= 11 is 6.14. The van der Waals surface area contributed by atoms with Crippen molar-refractivity contribution in [2.75, 3.05) is 49.9 Å². The molecular formula is C28H32ClN7O. The topological polar surface area (TPSA) is 83.5 Å². The quantitative estimate of drug-likeness (QED) is 0.533. The Labute approximate surface area is 221 Å². The molecule has 0 bridgehead atoms. The van der Waals surface area contributed by atoms with E-state index in [1.807, 2.05) is 0 Å². The number of nitrogen functional groups attached to an aromatic ring is 1. The van der Waals surface area contributed by atoms with E-state index < -0.39 is 5.54 Å². The number of carbonyl (C=O) groups is 1. The zero-order valence-corrected chi connectivity index (χ0v) is 21.9. The van der Waals surface area contributed by atoms with Crippen LogP contribution in [-0.4, -0.2) is 69.5 Å². The Morgan fingerprint density at radius 2 is 1.92 bits per heavy atom. The summed E-state index contributed by atoms with van der Waals surface area (Å²) in [6.45, 7) is 6.77. The fraction of sp³-hybridized carbons (Fsp3) is 0.464. The van der Waals surface area contributed by atoms with Crippen LogP contribution in [0.25, 0.3) is 17.1 Å². The molecule has 4 aliphatic rings. The number of rotatable bonds is 3. The number of hydrogen-bond acceptors (Lipinski definition) is 6. The van der Waals surface area contributed by atoms with Gasteiger partial charge in [0.1, 0.15) is 11.0 Å². The normalized spacial score (nSPS) is 27.0. The molecule has 6 heterocycles. The van der Waals surface area contributed by atoms with E-state index in [1.165, 1.54) is 22.2 Å². The minimum Gasteiger partial charge on any atom is -0.368 e. The Hall–Kier alpha value is -3.10. The van der Waals surface area contributed by atoms with Crippen molar-refractivity contribution in [2.24, 2.45) is 5.41 Å². The van der Waals surface area contributed by atoms with E-state index in [9.17, 15) is 0 Å². The van der Waals surface area contributed by atoms with Crippen LogP contribution in [0.4, 0.5) is 11.8 Å². The Kier molecular flexibility index (Phi) is 5.11. The molecule has 2 saturated heterocycles. The summed E-state index contributed by atoms with van der Waals surface area (Å²) in [5.74, 6) is 1.14. The molecule has 0 saturated carbocycles. The van der Waals surface area contributed by atoms with Gasteiger partial charge in [-0.1, -0.05) is 42.8 Å². The summed E-state index contributed by atoms with van der Waals surface area (Å²) in [5, 5.41) is 1.62. The zero-order chi connectivity index (χ0) is 25.4. The number of carbonyl (C=O) groups excluding carboxylic acids is 1. The van der Waals surface area contributed by atoms with Gasteiger partial charge in [-0.3, -0.25) is 9.69 Å². The van der Waals surface area contributed by atoms with E-state index >= 15 is 4.79 Å². The van der Waals surface area contributed by atoms with E-state index in [-0.39, 0.29) is 17.3 Å². The maximum absolute atomic E-state index is 15.0. The fourth-order valence-corrected chi connectivity index (χ4v) is 7.85. The van der Waals surface area contributed by atoms with E-state index in [1.54, 1.807) is 6.07 Å². The highest BCUT2D eigenvalue weighted by molar-refractivity contribution is 6.29. The van der Waals surface area contributed by atoms with Crippen molar-refractivity contribution in [1.29, 1.82) is 0 Å². The van der Waals surface area contributed by atoms with Gasteiger partial charge in [-0.25, -0.2) is 4.98 Å². The van der Waals surface area contributed by atoms with Gasteiger partial charge in [0.05, 0.1) is 11.2 Å². The predicted molar refractivity (Wildman–Crippen MR) is 146 cm³/mol. The Morgan fingerprint density at radius 3 is 2.70 bits per heavy atom. The molecule has 3 aromatic rings. The Bertz CT molecular complexity index is 1420. The predicted octanol–water partition coefficient (Wildman–Crippen LogP) is 3.74. The molecule has 2 atom stereocenters. The molecule has 4 aliphatic heterocycles. The van der Waals surface area contributed by atoms with Crippen molar-refractivity contribution in [2.45, 2.75) is 38.1 Å². The number of amides is 1. The first-order chi connectivity index (χ1) is 18.0. The number of halogens is 1. The summed E-state index contributed by atoms with van der Waals surface area (Å²) in [6.07, 6.45) is 8.69. The number of piperazine rings is 1. The number of para-hydroxylation sites is 1. The van der Waals surface area contributed by atoms with Crippen LogP contribution in [0.1, 0.15) is 37.4 Å². The van der Waals surface area contributed by atoms with Crippen LogP contribution in [-0.2, 0) is 16.8 Å². The number of nitrogens with two attached hydrogens (primary N) is 1. The number of anilines is 2. The van der Waals surface area contributed by atoms with Crippen LogP contribution < -0.4 is 10.6 Å². The molecule has 2 N–H and O–H groups in total. The summed E-state index contributed by atoms with van der Waals surface area (Å²) in [7, 11) is 0. The molecule has 0 radical (unpaired) electrons. The lowest BCUT2D eigenvalue weighted by Gasteiger charge is -2.61. The molecular weight excluding hydrogens is 486 g/mol. The standard InChI is InChI=1S/C28H32ClN7O/c1-2-27-9-5-11-35-12-8-20-19-6-3-4-7-21(19)36(13-10-27)24(20)28(27,35)25(37)34-16-14-33(15-17-34)23-18-22(29)31-26(30)32-23/h3-4,6-7,10,13,18H,2,5,8-9,11-12,14-17H2,1H3,(H2,30,31,32)/t27-,28-/m1/s1. The van der Waals surface area contributed by atoms with Gasteiger partial charge in [0, 0.05) is 55.8 Å². The van der Waals surface area contributed by atoms with Gasteiger partial charge < -0.3 is 20.1 Å². The number of fused-ring (bicyclic) bond motifs is 3. The van der Waals surface area contributed by atoms with Gasteiger partial charge in [-0.05, 0) is 43.9 Å². The van der Waals surface area contributed by atoms with Gasteiger partial charge >= 0.3 is 0 Å². The Balaban J connectivity index is 1.32. The molecule has 9 heteroatoms. The third-order valence-corrected chi connectivity index (χ3v) is 9.50. The van der Waals surface area contributed by atoms with E-state index in [0.717, 1.165) is 38.8 Å². The number of piperidine rings is 1. The average Bonchev–Trinajstić information content (AvgIpc) is 3.26. The molecule has 37 heavy (non-hydrogen) atoms. The second-order valence-electron chi connectivity index (χ2n) is 10.8. The van der Waals surface area contributed by atoms with E-state index in [2.05, 4.69) is 72.7 Å². The van der Waals surface area contributed by atoms with Crippen molar-refractivity contribution in [3.63, 3.8) is 0 Å². The summed E-state index contributed by atoms with van der Waals surface area (Å²) in [6, 6.07) is 10.4. The third-order valence-electron chi connectivity index (χ3n) is 9.31. The SMILES string of the molecule is CC[C@]12C=Cn3c4c(c5ccccc53)CCN(CCC1)[C@@]42C(=O)N1CCN(c2cc(Cl)nc(N)n2)CC1. The van der Waals surface area contributed by atoms with Crippen molar-refractivity contribution in [3.05, 3.63) is 52.8 Å². The highest BCUT2D eigenvalue weighted by Gasteiger charge is 2.66. The van der Waals surface area contributed by atoms with Crippen LogP contribution in [0.2, 0.25) is 5.15 Å². The summed E-state index contributed by atoms with van der Waals surface area (Å²) < 4.78 is 2.33. The van der Waals surface area contributed by atoms with Crippen molar-refractivity contribution in [1.82, 2.24) is 24.3 Å². The van der Waals surface area contributed by atoms with Crippen LogP contribution in [0.3, 0.4) is 0 Å². The Morgan fingerprint density at radius 1 is 1.11 bits per heavy atom. The maximum atomic E-state index is 15.0.